The third-order valence-electron chi connectivity index (χ3n) is 1.83. The maximum absolute atomic E-state index is 5.83. The zero-order valence-electron chi connectivity index (χ0n) is 10.4. The lowest BCUT2D eigenvalue weighted by molar-refractivity contribution is 0.281. The lowest BCUT2D eigenvalue weighted by atomic mass is 9.96. The van der Waals surface area contributed by atoms with Crippen LogP contribution in [0, 0.1) is 5.41 Å². The number of aliphatic imine (C=N–C) groups is 2. The summed E-state index contributed by atoms with van der Waals surface area (Å²) in [5, 5.41) is 0. The molecule has 0 aliphatic heterocycles. The first-order chi connectivity index (χ1) is 6.80. The van der Waals surface area contributed by atoms with Gasteiger partial charge in [-0.1, -0.05) is 20.8 Å². The van der Waals surface area contributed by atoms with Gasteiger partial charge in [0, 0.05) is 20.1 Å². The summed E-state index contributed by atoms with van der Waals surface area (Å²) in [5.41, 5.74) is 11.5. The zero-order valence-corrected chi connectivity index (χ0v) is 10.4. The Hall–Kier alpha value is -1.26. The standard InChI is InChI=1S/C10H23N5/c1-6-15(7-10(2,3)4)9(12)14-8(11)13-5/h6-7H2,1-5H3,(H4,11,12,13,14). The Bertz CT molecular complexity index is 249. The Balaban J connectivity index is 4.61. The molecule has 0 fully saturated rings. The maximum atomic E-state index is 5.83. The van der Waals surface area contributed by atoms with Gasteiger partial charge in [0.25, 0.3) is 0 Å². The van der Waals surface area contributed by atoms with Crippen LogP contribution in [0.25, 0.3) is 0 Å². The van der Waals surface area contributed by atoms with Crippen LogP contribution in [0.3, 0.4) is 0 Å². The fourth-order valence-electron chi connectivity index (χ4n) is 1.17. The van der Waals surface area contributed by atoms with E-state index in [0.717, 1.165) is 13.1 Å². The van der Waals surface area contributed by atoms with Crippen molar-refractivity contribution in [2.24, 2.45) is 26.9 Å². The fourth-order valence-corrected chi connectivity index (χ4v) is 1.17. The summed E-state index contributed by atoms with van der Waals surface area (Å²) in [6.07, 6.45) is 0. The van der Waals surface area contributed by atoms with Gasteiger partial charge in [-0.2, -0.15) is 4.99 Å². The highest BCUT2D eigenvalue weighted by molar-refractivity contribution is 5.93. The summed E-state index contributed by atoms with van der Waals surface area (Å²) >= 11 is 0. The Morgan fingerprint density at radius 1 is 1.27 bits per heavy atom. The number of nitrogens with zero attached hydrogens (tertiary/aromatic N) is 3. The lowest BCUT2D eigenvalue weighted by Crippen LogP contribution is -2.43. The van der Waals surface area contributed by atoms with E-state index in [-0.39, 0.29) is 11.4 Å². The number of guanidine groups is 2. The topological polar surface area (TPSA) is 80.0 Å². The van der Waals surface area contributed by atoms with Gasteiger partial charge in [-0.3, -0.25) is 4.99 Å². The minimum atomic E-state index is 0.175. The molecule has 5 heteroatoms. The van der Waals surface area contributed by atoms with Crippen molar-refractivity contribution in [3.8, 4) is 0 Å². The smallest absolute Gasteiger partial charge is 0.218 e. The second-order valence-electron chi connectivity index (χ2n) is 4.63. The molecule has 0 rings (SSSR count). The third kappa shape index (κ3) is 5.93. The molecular formula is C10H23N5. The van der Waals surface area contributed by atoms with Crippen molar-refractivity contribution in [3.63, 3.8) is 0 Å². The molecule has 5 nitrogen and oxygen atoms in total. The summed E-state index contributed by atoms with van der Waals surface area (Å²) < 4.78 is 0. The van der Waals surface area contributed by atoms with Crippen molar-refractivity contribution in [2.45, 2.75) is 27.7 Å². The molecule has 0 radical (unpaired) electrons. The van der Waals surface area contributed by atoms with E-state index in [0.29, 0.717) is 5.96 Å². The SMILES string of the molecule is CCN(CC(C)(C)C)C(N)=NC(N)=NC. The van der Waals surface area contributed by atoms with E-state index in [9.17, 15) is 0 Å². The zero-order chi connectivity index (χ0) is 12.1. The lowest BCUT2D eigenvalue weighted by Gasteiger charge is -2.29. The first-order valence-electron chi connectivity index (χ1n) is 5.11. The third-order valence-corrected chi connectivity index (χ3v) is 1.83. The van der Waals surface area contributed by atoms with Crippen molar-refractivity contribution in [1.29, 1.82) is 0 Å². The van der Waals surface area contributed by atoms with Gasteiger partial charge in [0.05, 0.1) is 0 Å². The Morgan fingerprint density at radius 2 is 1.80 bits per heavy atom. The average molecular weight is 213 g/mol. The molecular weight excluding hydrogens is 190 g/mol. The predicted molar refractivity (Wildman–Crippen MR) is 65.9 cm³/mol. The van der Waals surface area contributed by atoms with Crippen molar-refractivity contribution in [3.05, 3.63) is 0 Å². The predicted octanol–water partition coefficient (Wildman–Crippen LogP) is 0.614. The molecule has 0 aromatic heterocycles. The summed E-state index contributed by atoms with van der Waals surface area (Å²) in [5.74, 6) is 0.635. The molecule has 0 saturated carbocycles. The molecule has 88 valence electrons. The molecule has 0 bridgehead atoms. The van der Waals surface area contributed by atoms with E-state index in [2.05, 4.69) is 30.8 Å². The molecule has 0 saturated heterocycles. The van der Waals surface area contributed by atoms with Crippen molar-refractivity contribution < 1.29 is 0 Å². The molecule has 0 aliphatic rings. The Labute approximate surface area is 92.3 Å². The van der Waals surface area contributed by atoms with Crippen LogP contribution in [0.4, 0.5) is 0 Å². The van der Waals surface area contributed by atoms with Gasteiger partial charge >= 0.3 is 0 Å². The maximum Gasteiger partial charge on any atom is 0.218 e. The van der Waals surface area contributed by atoms with E-state index in [4.69, 9.17) is 11.5 Å². The summed E-state index contributed by atoms with van der Waals surface area (Å²) in [6.45, 7) is 10.1. The van der Waals surface area contributed by atoms with Crippen molar-refractivity contribution in [2.75, 3.05) is 20.1 Å². The van der Waals surface area contributed by atoms with Gasteiger partial charge in [0.2, 0.25) is 5.96 Å². The van der Waals surface area contributed by atoms with Crippen LogP contribution >= 0.6 is 0 Å². The first-order valence-corrected chi connectivity index (χ1v) is 5.11. The fraction of sp³-hybridized carbons (Fsp3) is 0.800. The average Bonchev–Trinajstić information content (AvgIpc) is 2.12. The largest absolute Gasteiger partial charge is 0.369 e. The normalized spacial score (nSPS) is 14.2. The second-order valence-corrected chi connectivity index (χ2v) is 4.63. The van der Waals surface area contributed by atoms with Gasteiger partial charge < -0.3 is 16.4 Å². The molecule has 0 aliphatic carbocycles. The van der Waals surface area contributed by atoms with Crippen LogP contribution < -0.4 is 11.5 Å². The van der Waals surface area contributed by atoms with Gasteiger partial charge in [0.15, 0.2) is 5.96 Å². The van der Waals surface area contributed by atoms with Gasteiger partial charge in [-0.15, -0.1) is 0 Å². The van der Waals surface area contributed by atoms with Crippen LogP contribution in [0.1, 0.15) is 27.7 Å². The van der Waals surface area contributed by atoms with Gasteiger partial charge in [-0.25, -0.2) is 0 Å². The molecule has 4 N–H and O–H groups in total. The summed E-state index contributed by atoms with van der Waals surface area (Å²) in [4.78, 5) is 9.72. The van der Waals surface area contributed by atoms with E-state index in [1.807, 2.05) is 11.8 Å². The molecule has 0 spiro atoms. The number of rotatable bonds is 2. The van der Waals surface area contributed by atoms with E-state index in [1.54, 1.807) is 7.05 Å². The van der Waals surface area contributed by atoms with Gasteiger partial charge in [0.1, 0.15) is 0 Å². The molecule has 0 unspecified atom stereocenters. The highest BCUT2D eigenvalue weighted by atomic mass is 15.3. The Morgan fingerprint density at radius 3 is 2.13 bits per heavy atom. The quantitative estimate of drug-likeness (QED) is 0.521. The van der Waals surface area contributed by atoms with Crippen LogP contribution in [-0.4, -0.2) is 37.0 Å². The minimum absolute atomic E-state index is 0.175. The second kappa shape index (κ2) is 5.58. The summed E-state index contributed by atoms with van der Waals surface area (Å²) in [6, 6.07) is 0. The van der Waals surface area contributed by atoms with Crippen LogP contribution in [0.5, 0.6) is 0 Å². The molecule has 0 aromatic carbocycles. The van der Waals surface area contributed by atoms with E-state index >= 15 is 0 Å². The molecule has 0 atom stereocenters. The molecule has 0 amide bonds. The van der Waals surface area contributed by atoms with E-state index < -0.39 is 0 Å². The highest BCUT2D eigenvalue weighted by Crippen LogP contribution is 2.14. The minimum Gasteiger partial charge on any atom is -0.369 e. The van der Waals surface area contributed by atoms with Gasteiger partial charge in [-0.05, 0) is 12.3 Å². The molecule has 0 heterocycles. The molecule has 0 aromatic rings. The van der Waals surface area contributed by atoms with E-state index in [1.165, 1.54) is 0 Å². The molecule has 15 heavy (non-hydrogen) atoms. The van der Waals surface area contributed by atoms with Crippen LogP contribution in [-0.2, 0) is 0 Å². The van der Waals surface area contributed by atoms with Crippen LogP contribution in [0.2, 0.25) is 0 Å². The Kier molecular flexibility index (Phi) is 5.11. The number of hydrogen-bond acceptors (Lipinski definition) is 1. The van der Waals surface area contributed by atoms with Crippen LogP contribution in [0.15, 0.2) is 9.98 Å². The first kappa shape index (κ1) is 13.7. The number of hydrogen-bond donors (Lipinski definition) is 2. The highest BCUT2D eigenvalue weighted by Gasteiger charge is 2.16. The van der Waals surface area contributed by atoms with Crippen molar-refractivity contribution in [1.82, 2.24) is 4.90 Å². The number of nitrogens with two attached hydrogens (primary N) is 2. The monoisotopic (exact) mass is 213 g/mol. The summed E-state index contributed by atoms with van der Waals surface area (Å²) in [7, 11) is 1.59. The van der Waals surface area contributed by atoms with Crippen molar-refractivity contribution >= 4 is 11.9 Å².